The highest BCUT2D eigenvalue weighted by Gasteiger charge is 2.34. The van der Waals surface area contributed by atoms with E-state index in [0.29, 0.717) is 37.0 Å². The first kappa shape index (κ1) is 33.9. The van der Waals surface area contributed by atoms with Crippen LogP contribution in [0.2, 0.25) is 0 Å². The fourth-order valence-corrected chi connectivity index (χ4v) is 6.86. The van der Waals surface area contributed by atoms with Crippen molar-refractivity contribution in [2.75, 3.05) is 25.6 Å². The number of amides is 1. The number of esters is 1. The number of hydrogen-bond acceptors (Lipinski definition) is 6. The number of alkyl halides is 3. The Balaban J connectivity index is 1.60. The van der Waals surface area contributed by atoms with E-state index >= 15 is 4.39 Å². The van der Waals surface area contributed by atoms with Crippen molar-refractivity contribution < 1.29 is 45.0 Å². The summed E-state index contributed by atoms with van der Waals surface area (Å²) in [4.78, 5) is 24.4. The van der Waals surface area contributed by atoms with Crippen molar-refractivity contribution in [1.29, 1.82) is 0 Å². The molecule has 1 saturated carbocycles. The van der Waals surface area contributed by atoms with Crippen LogP contribution < -0.4 is 10.1 Å². The van der Waals surface area contributed by atoms with Gasteiger partial charge in [-0.15, -0.1) is 0 Å². The Bertz CT molecular complexity index is 1600. The maximum absolute atomic E-state index is 15.2. The smallest absolute Gasteiger partial charge is 0.416 e. The van der Waals surface area contributed by atoms with E-state index in [4.69, 9.17) is 9.47 Å². The quantitative estimate of drug-likeness (QED) is 0.184. The molecule has 242 valence electrons. The van der Waals surface area contributed by atoms with Crippen LogP contribution in [0.25, 0.3) is 0 Å². The van der Waals surface area contributed by atoms with E-state index in [0.717, 1.165) is 40.7 Å². The van der Waals surface area contributed by atoms with Crippen molar-refractivity contribution in [3.63, 3.8) is 0 Å². The van der Waals surface area contributed by atoms with Gasteiger partial charge in [-0.25, -0.2) is 12.8 Å². The van der Waals surface area contributed by atoms with Gasteiger partial charge in [-0.3, -0.25) is 9.59 Å². The Morgan fingerprint density at radius 1 is 0.978 bits per heavy atom. The van der Waals surface area contributed by atoms with Gasteiger partial charge in [-0.05, 0) is 92.6 Å². The van der Waals surface area contributed by atoms with Crippen molar-refractivity contribution in [3.05, 3.63) is 89.2 Å². The summed E-state index contributed by atoms with van der Waals surface area (Å²) in [6.45, 7) is 1.93. The van der Waals surface area contributed by atoms with Crippen molar-refractivity contribution >= 4 is 27.6 Å². The Kier molecular flexibility index (Phi) is 10.9. The highest BCUT2D eigenvalue weighted by Crippen LogP contribution is 2.33. The summed E-state index contributed by atoms with van der Waals surface area (Å²) in [7, 11) is -3.03. The number of halogens is 4. The molecule has 0 spiro atoms. The highest BCUT2D eigenvalue weighted by atomic mass is 32.2. The van der Waals surface area contributed by atoms with Gasteiger partial charge in [0.1, 0.15) is 16.5 Å². The fourth-order valence-electron chi connectivity index (χ4n) is 5.27. The Morgan fingerprint density at radius 3 is 2.29 bits per heavy atom. The molecular formula is C32H34F4N2O6S. The minimum Gasteiger partial charge on any atom is -0.497 e. The maximum Gasteiger partial charge on any atom is 0.416 e. The number of carbonyl (C=O) groups excluding carboxylic acids is 2. The summed E-state index contributed by atoms with van der Waals surface area (Å²) in [6, 6.07) is 13.5. The topological polar surface area (TPSA) is 102 Å². The lowest BCUT2D eigenvalue weighted by Gasteiger charge is -2.32. The van der Waals surface area contributed by atoms with Crippen molar-refractivity contribution in [1.82, 2.24) is 4.31 Å². The molecule has 0 saturated heterocycles. The number of nitrogens with one attached hydrogen (secondary N) is 1. The summed E-state index contributed by atoms with van der Waals surface area (Å²) in [6.07, 6.45) is -2.47. The maximum atomic E-state index is 15.2. The molecule has 3 aromatic carbocycles. The summed E-state index contributed by atoms with van der Waals surface area (Å²) >= 11 is 0. The van der Waals surface area contributed by atoms with Crippen LogP contribution in [-0.2, 0) is 32.3 Å². The summed E-state index contributed by atoms with van der Waals surface area (Å²) in [5.41, 5.74) is -0.790. The molecule has 45 heavy (non-hydrogen) atoms. The molecule has 1 amide bonds. The first-order valence-electron chi connectivity index (χ1n) is 14.4. The van der Waals surface area contributed by atoms with E-state index < -0.39 is 38.4 Å². The van der Waals surface area contributed by atoms with Gasteiger partial charge in [0.05, 0.1) is 25.2 Å². The molecule has 0 aromatic heterocycles. The highest BCUT2D eigenvalue weighted by molar-refractivity contribution is 7.89. The number of sulfonamides is 1. The molecule has 0 bridgehead atoms. The zero-order chi connectivity index (χ0) is 32.8. The molecule has 1 aliphatic rings. The number of nitrogens with zero attached hydrogens (tertiary/aromatic N) is 1. The van der Waals surface area contributed by atoms with Gasteiger partial charge in [0.15, 0.2) is 0 Å². The molecule has 1 aliphatic carbocycles. The van der Waals surface area contributed by atoms with Crippen LogP contribution in [0, 0.1) is 17.7 Å². The van der Waals surface area contributed by atoms with E-state index in [1.54, 1.807) is 31.2 Å². The number of ether oxygens (including phenoxy) is 2. The van der Waals surface area contributed by atoms with Gasteiger partial charge in [0.25, 0.3) is 5.91 Å². The summed E-state index contributed by atoms with van der Waals surface area (Å²) in [5, 5.41) is 2.32. The van der Waals surface area contributed by atoms with Gasteiger partial charge in [0.2, 0.25) is 10.0 Å². The summed E-state index contributed by atoms with van der Waals surface area (Å²) in [5.74, 6) is -2.10. The third-order valence-electron chi connectivity index (χ3n) is 7.71. The molecule has 1 N–H and O–H groups in total. The number of anilines is 1. The van der Waals surface area contributed by atoms with Crippen LogP contribution in [-0.4, -0.2) is 44.9 Å². The molecule has 0 unspecified atom stereocenters. The SMILES string of the molecule is CCOC(=O)C1CCC(CN(Cc2ccc(OC)cc2)S(=O)(=O)c2cc(C(=O)Nc3cccc(C(F)(F)F)c3)ccc2F)CC1. The lowest BCUT2D eigenvalue weighted by Crippen LogP contribution is -2.37. The molecule has 3 aromatic rings. The van der Waals surface area contributed by atoms with E-state index in [1.807, 2.05) is 0 Å². The predicted molar refractivity (Wildman–Crippen MR) is 158 cm³/mol. The lowest BCUT2D eigenvalue weighted by molar-refractivity contribution is -0.149. The number of hydrogen-bond donors (Lipinski definition) is 1. The van der Waals surface area contributed by atoms with Crippen molar-refractivity contribution in [2.24, 2.45) is 11.8 Å². The van der Waals surface area contributed by atoms with Crippen LogP contribution in [0.5, 0.6) is 5.75 Å². The molecule has 0 radical (unpaired) electrons. The summed E-state index contributed by atoms with van der Waals surface area (Å²) < 4.78 is 94.1. The molecule has 8 nitrogen and oxygen atoms in total. The second-order valence-electron chi connectivity index (χ2n) is 10.8. The normalized spacial score (nSPS) is 17.1. The monoisotopic (exact) mass is 650 g/mol. The van der Waals surface area contributed by atoms with Gasteiger partial charge in [-0.2, -0.15) is 17.5 Å². The minimum atomic E-state index is -4.64. The van der Waals surface area contributed by atoms with Crippen LogP contribution in [0.1, 0.15) is 54.1 Å². The van der Waals surface area contributed by atoms with Gasteiger partial charge >= 0.3 is 12.1 Å². The molecule has 13 heteroatoms. The van der Waals surface area contributed by atoms with Crippen LogP contribution in [0.15, 0.2) is 71.6 Å². The molecule has 4 rings (SSSR count). The van der Waals surface area contributed by atoms with E-state index in [9.17, 15) is 31.2 Å². The average Bonchev–Trinajstić information content (AvgIpc) is 3.01. The van der Waals surface area contributed by atoms with Crippen LogP contribution in [0.3, 0.4) is 0 Å². The van der Waals surface area contributed by atoms with E-state index in [1.165, 1.54) is 13.2 Å². The Labute approximate surface area is 259 Å². The van der Waals surface area contributed by atoms with Crippen molar-refractivity contribution in [3.8, 4) is 5.75 Å². The lowest BCUT2D eigenvalue weighted by atomic mass is 9.82. The predicted octanol–water partition coefficient (Wildman–Crippen LogP) is 6.67. The zero-order valence-corrected chi connectivity index (χ0v) is 25.6. The average molecular weight is 651 g/mol. The number of rotatable bonds is 11. The standard InChI is InChI=1S/C32H34F4N2O6S/c1-3-44-31(40)23-11-7-21(8-12-23)19-38(20-22-9-14-27(43-2)15-10-22)45(41,42)29-17-24(13-16-28(29)33)30(39)37-26-6-4-5-25(18-26)32(34,35)36/h4-6,9-10,13-18,21,23H,3,7-8,11-12,19-20H2,1-2H3,(H,37,39). The van der Waals surface area contributed by atoms with Crippen LogP contribution >= 0.6 is 0 Å². The number of benzene rings is 3. The van der Waals surface area contributed by atoms with Gasteiger partial charge in [-0.1, -0.05) is 18.2 Å². The molecule has 0 atom stereocenters. The first-order valence-corrected chi connectivity index (χ1v) is 15.8. The van der Waals surface area contributed by atoms with Gasteiger partial charge < -0.3 is 14.8 Å². The Morgan fingerprint density at radius 2 is 1.67 bits per heavy atom. The third-order valence-corrected chi connectivity index (χ3v) is 9.53. The molecule has 0 heterocycles. The largest absolute Gasteiger partial charge is 0.497 e. The van der Waals surface area contributed by atoms with E-state index in [2.05, 4.69) is 5.32 Å². The first-order chi connectivity index (χ1) is 21.3. The zero-order valence-electron chi connectivity index (χ0n) is 24.8. The number of carbonyl (C=O) groups is 2. The minimum absolute atomic E-state index is 0.0318. The molecule has 1 fully saturated rings. The second-order valence-corrected chi connectivity index (χ2v) is 12.7. The van der Waals surface area contributed by atoms with Crippen molar-refractivity contribution in [2.45, 2.75) is 50.2 Å². The molecule has 0 aliphatic heterocycles. The second kappa shape index (κ2) is 14.4. The number of methoxy groups -OCH3 is 1. The van der Waals surface area contributed by atoms with Crippen LogP contribution in [0.4, 0.5) is 23.2 Å². The fraction of sp³-hybridized carbons (Fsp3) is 0.375. The van der Waals surface area contributed by atoms with Gasteiger partial charge in [0, 0.05) is 24.3 Å². The third kappa shape index (κ3) is 8.60. The van der Waals surface area contributed by atoms with E-state index in [-0.39, 0.29) is 48.8 Å². The Hall–Kier alpha value is -3.97. The molecular weight excluding hydrogens is 616 g/mol.